The predicted octanol–water partition coefficient (Wildman–Crippen LogP) is 2.62. The van der Waals surface area contributed by atoms with Gasteiger partial charge in [0.25, 0.3) is 0 Å². The topological polar surface area (TPSA) is 87.3 Å². The van der Waals surface area contributed by atoms with Crippen LogP contribution in [-0.2, 0) is 20.8 Å². The monoisotopic (exact) mass is 413 g/mol. The molecule has 6 nitrogen and oxygen atoms in total. The molecule has 2 aromatic carbocycles. The fraction of sp³-hybridized carbons (Fsp3) is 0.105. The largest absolute Gasteiger partial charge is 0.340 e. The van der Waals surface area contributed by atoms with E-state index in [0.29, 0.717) is 12.1 Å². The van der Waals surface area contributed by atoms with Gasteiger partial charge in [-0.1, -0.05) is 30.3 Å². The van der Waals surface area contributed by atoms with Gasteiger partial charge in [0.05, 0.1) is 5.69 Å². The third-order valence-corrected chi connectivity index (χ3v) is 4.54. The van der Waals surface area contributed by atoms with Crippen molar-refractivity contribution in [2.24, 2.45) is 0 Å². The van der Waals surface area contributed by atoms with E-state index in [2.05, 4.69) is 31.9 Å². The third-order valence-electron chi connectivity index (χ3n) is 3.85. The molecule has 0 bridgehead atoms. The quantitative estimate of drug-likeness (QED) is 0.673. The highest BCUT2D eigenvalue weighted by Gasteiger charge is 2.26. The van der Waals surface area contributed by atoms with Crippen molar-refractivity contribution in [3.63, 3.8) is 0 Å². The van der Waals surface area contributed by atoms with Crippen molar-refractivity contribution in [3.05, 3.63) is 70.7 Å². The van der Waals surface area contributed by atoms with E-state index < -0.39 is 17.9 Å². The lowest BCUT2D eigenvalue weighted by Crippen LogP contribution is -2.47. The maximum atomic E-state index is 12.1. The average Bonchev–Trinajstić information content (AvgIpc) is 2.62. The number of anilines is 2. The molecule has 1 aliphatic rings. The number of carbonyl (C=O) groups excluding carboxylic acids is 3. The number of nitrogens with one attached hydrogen (secondary N) is 3. The average molecular weight is 414 g/mol. The van der Waals surface area contributed by atoms with Crippen LogP contribution in [0.2, 0.25) is 0 Å². The van der Waals surface area contributed by atoms with E-state index in [9.17, 15) is 14.4 Å². The minimum Gasteiger partial charge on any atom is -0.340 e. The second-order valence-corrected chi connectivity index (χ2v) is 6.57. The minimum absolute atomic E-state index is 0.275. The summed E-state index contributed by atoms with van der Waals surface area (Å²) in [6.07, 6.45) is 2.65. The van der Waals surface area contributed by atoms with Gasteiger partial charge in [0.2, 0.25) is 17.7 Å². The fourth-order valence-corrected chi connectivity index (χ4v) is 2.96. The van der Waals surface area contributed by atoms with Gasteiger partial charge in [0.1, 0.15) is 6.04 Å². The third kappa shape index (κ3) is 4.37. The normalized spacial score (nSPS) is 15.9. The van der Waals surface area contributed by atoms with E-state index in [0.717, 1.165) is 27.9 Å². The lowest BCUT2D eigenvalue weighted by Gasteiger charge is -2.24. The van der Waals surface area contributed by atoms with Gasteiger partial charge in [-0.25, -0.2) is 0 Å². The SMILES string of the molecule is O=C(/C=C/C(=O)NC1Cc2ccccc2NC1=O)Nc1ccccc1Br. The molecule has 2 aromatic rings. The summed E-state index contributed by atoms with van der Waals surface area (Å²) in [4.78, 5) is 36.0. The summed E-state index contributed by atoms with van der Waals surface area (Å²) in [5.74, 6) is -1.22. The Kier molecular flexibility index (Phi) is 5.48. The standard InChI is InChI=1S/C19H16BrN3O3/c20-13-6-2-4-8-15(13)21-17(24)9-10-18(25)22-16-11-12-5-1-3-7-14(12)23-19(16)26/h1-10,16H,11H2,(H,21,24)(H,22,25)(H,23,26)/b10-9+. The summed E-state index contributed by atoms with van der Waals surface area (Å²) in [7, 11) is 0. The summed E-state index contributed by atoms with van der Waals surface area (Å²) in [6, 6.07) is 13.9. The van der Waals surface area contributed by atoms with E-state index in [1.807, 2.05) is 30.3 Å². The van der Waals surface area contributed by atoms with Gasteiger partial charge in [-0.2, -0.15) is 0 Å². The van der Waals surface area contributed by atoms with Crippen LogP contribution in [0.5, 0.6) is 0 Å². The molecule has 3 rings (SSSR count). The summed E-state index contributed by atoms with van der Waals surface area (Å²) in [5, 5.41) is 8.03. The molecule has 0 radical (unpaired) electrons. The van der Waals surface area contributed by atoms with Crippen LogP contribution in [0.1, 0.15) is 5.56 Å². The number of halogens is 1. The molecule has 0 spiro atoms. The Hall–Kier alpha value is -2.93. The molecule has 1 atom stereocenters. The van der Waals surface area contributed by atoms with Crippen LogP contribution in [0.25, 0.3) is 0 Å². The molecule has 0 saturated carbocycles. The molecule has 0 aliphatic carbocycles. The molecule has 3 amide bonds. The lowest BCUT2D eigenvalue weighted by atomic mass is 9.99. The van der Waals surface area contributed by atoms with E-state index in [1.165, 1.54) is 0 Å². The van der Waals surface area contributed by atoms with Crippen molar-refractivity contribution < 1.29 is 14.4 Å². The number of fused-ring (bicyclic) bond motifs is 1. The van der Waals surface area contributed by atoms with Gasteiger partial charge in [0, 0.05) is 28.7 Å². The zero-order chi connectivity index (χ0) is 18.5. The number of rotatable bonds is 4. The van der Waals surface area contributed by atoms with Gasteiger partial charge in [-0.05, 0) is 39.7 Å². The Morgan fingerprint density at radius 2 is 1.73 bits per heavy atom. The molecule has 1 aliphatic heterocycles. The van der Waals surface area contributed by atoms with Crippen molar-refractivity contribution in [3.8, 4) is 0 Å². The molecule has 7 heteroatoms. The van der Waals surface area contributed by atoms with Crippen LogP contribution in [0.3, 0.4) is 0 Å². The highest BCUT2D eigenvalue weighted by molar-refractivity contribution is 9.10. The number of para-hydroxylation sites is 2. The molecule has 26 heavy (non-hydrogen) atoms. The highest BCUT2D eigenvalue weighted by Crippen LogP contribution is 2.22. The number of hydrogen-bond acceptors (Lipinski definition) is 3. The fourth-order valence-electron chi connectivity index (χ4n) is 2.58. The molecule has 1 unspecified atom stereocenters. The van der Waals surface area contributed by atoms with Crippen LogP contribution in [0.15, 0.2) is 65.2 Å². The maximum absolute atomic E-state index is 12.1. The van der Waals surface area contributed by atoms with E-state index in [4.69, 9.17) is 0 Å². The van der Waals surface area contributed by atoms with Crippen molar-refractivity contribution in [2.45, 2.75) is 12.5 Å². The van der Waals surface area contributed by atoms with E-state index in [-0.39, 0.29) is 5.91 Å². The summed E-state index contributed by atoms with van der Waals surface area (Å²) in [6.45, 7) is 0. The van der Waals surface area contributed by atoms with Gasteiger partial charge < -0.3 is 16.0 Å². The molecule has 3 N–H and O–H groups in total. The number of benzene rings is 2. The van der Waals surface area contributed by atoms with E-state index >= 15 is 0 Å². The van der Waals surface area contributed by atoms with Gasteiger partial charge >= 0.3 is 0 Å². The molecule has 0 saturated heterocycles. The van der Waals surface area contributed by atoms with Crippen LogP contribution in [0.4, 0.5) is 11.4 Å². The molecule has 132 valence electrons. The number of hydrogen-bond donors (Lipinski definition) is 3. The van der Waals surface area contributed by atoms with Crippen molar-refractivity contribution in [2.75, 3.05) is 10.6 Å². The Morgan fingerprint density at radius 1 is 1.04 bits per heavy atom. The predicted molar refractivity (Wildman–Crippen MR) is 103 cm³/mol. The summed E-state index contributed by atoms with van der Waals surface area (Å²) < 4.78 is 0.740. The lowest BCUT2D eigenvalue weighted by molar-refractivity contribution is -0.124. The Bertz CT molecular complexity index is 895. The molecule has 1 heterocycles. The van der Waals surface area contributed by atoms with Crippen LogP contribution in [0, 0.1) is 0 Å². The Morgan fingerprint density at radius 3 is 2.54 bits per heavy atom. The van der Waals surface area contributed by atoms with E-state index in [1.54, 1.807) is 18.2 Å². The van der Waals surface area contributed by atoms with Crippen molar-refractivity contribution >= 4 is 45.0 Å². The minimum atomic E-state index is -0.673. The van der Waals surface area contributed by atoms with Gasteiger partial charge in [-0.15, -0.1) is 0 Å². The number of carbonyl (C=O) groups is 3. The first kappa shape index (κ1) is 17.9. The zero-order valence-corrected chi connectivity index (χ0v) is 15.2. The maximum Gasteiger partial charge on any atom is 0.248 e. The molecular formula is C19H16BrN3O3. The first-order chi connectivity index (χ1) is 12.5. The Labute approximate surface area is 158 Å². The van der Waals surface area contributed by atoms with Crippen LogP contribution in [-0.4, -0.2) is 23.8 Å². The zero-order valence-electron chi connectivity index (χ0n) is 13.7. The Balaban J connectivity index is 1.57. The second-order valence-electron chi connectivity index (χ2n) is 5.71. The van der Waals surface area contributed by atoms with Crippen molar-refractivity contribution in [1.29, 1.82) is 0 Å². The van der Waals surface area contributed by atoms with Crippen molar-refractivity contribution in [1.82, 2.24) is 5.32 Å². The number of amides is 3. The summed E-state index contributed by atoms with van der Waals surface area (Å²) >= 11 is 3.33. The molecule has 0 fully saturated rings. The highest BCUT2D eigenvalue weighted by atomic mass is 79.9. The van der Waals surface area contributed by atoms with Gasteiger partial charge in [-0.3, -0.25) is 14.4 Å². The summed E-state index contributed by atoms with van der Waals surface area (Å²) in [5.41, 5.74) is 2.31. The molecular weight excluding hydrogens is 398 g/mol. The van der Waals surface area contributed by atoms with Gasteiger partial charge in [0.15, 0.2) is 0 Å². The first-order valence-corrected chi connectivity index (χ1v) is 8.75. The smallest absolute Gasteiger partial charge is 0.248 e. The first-order valence-electron chi connectivity index (χ1n) is 7.96. The second kappa shape index (κ2) is 7.97. The van der Waals surface area contributed by atoms with Crippen LogP contribution >= 0.6 is 15.9 Å². The van der Waals surface area contributed by atoms with Crippen LogP contribution < -0.4 is 16.0 Å². The molecule has 0 aromatic heterocycles.